The van der Waals surface area contributed by atoms with E-state index in [1.807, 2.05) is 0 Å². The minimum absolute atomic E-state index is 0.583. The van der Waals surface area contributed by atoms with Gasteiger partial charge in [0.25, 0.3) is 0 Å². The van der Waals surface area contributed by atoms with Gasteiger partial charge in [-0.15, -0.1) is 11.6 Å². The highest BCUT2D eigenvalue weighted by Crippen LogP contribution is 2.19. The highest BCUT2D eigenvalue weighted by molar-refractivity contribution is 6.18. The van der Waals surface area contributed by atoms with Gasteiger partial charge in [-0.1, -0.05) is 6.92 Å². The number of aromatic nitrogens is 4. The minimum Gasteiger partial charge on any atom is -0.354 e. The number of aromatic amines is 1. The van der Waals surface area contributed by atoms with E-state index in [2.05, 4.69) is 31.8 Å². The molecule has 0 bridgehead atoms. The number of nitrogens with zero attached hydrogens (tertiary/aromatic N) is 4. The molecule has 2 aromatic rings. The standard InChI is InChI=1S/C10H14ClN5/c1-2-4-16(5-3-11)10-8-9(13-6-12-8)14-7-15-10/h6-7H,2-5H2,1H3,(H,12,13,14,15). The molecule has 0 saturated heterocycles. The SMILES string of the molecule is CCCN(CCCl)c1ncnc2nc[nH]c12. The molecule has 2 heterocycles. The summed E-state index contributed by atoms with van der Waals surface area (Å²) in [4.78, 5) is 17.7. The molecule has 0 aromatic carbocycles. The second kappa shape index (κ2) is 5.12. The van der Waals surface area contributed by atoms with Crippen LogP contribution in [-0.4, -0.2) is 38.9 Å². The van der Waals surface area contributed by atoms with Crippen LogP contribution >= 0.6 is 11.6 Å². The van der Waals surface area contributed by atoms with Crippen LogP contribution in [0.25, 0.3) is 11.2 Å². The summed E-state index contributed by atoms with van der Waals surface area (Å²) in [7, 11) is 0. The van der Waals surface area contributed by atoms with Crippen LogP contribution in [0.2, 0.25) is 0 Å². The van der Waals surface area contributed by atoms with Crippen LogP contribution in [-0.2, 0) is 0 Å². The lowest BCUT2D eigenvalue weighted by Crippen LogP contribution is -2.27. The summed E-state index contributed by atoms with van der Waals surface area (Å²) < 4.78 is 0. The number of rotatable bonds is 5. The van der Waals surface area contributed by atoms with Gasteiger partial charge >= 0.3 is 0 Å². The number of fused-ring (bicyclic) bond motifs is 1. The Kier molecular flexibility index (Phi) is 3.56. The number of nitrogens with one attached hydrogen (secondary N) is 1. The maximum Gasteiger partial charge on any atom is 0.182 e. The molecule has 2 aromatic heterocycles. The Morgan fingerprint density at radius 2 is 2.19 bits per heavy atom. The molecule has 1 N–H and O–H groups in total. The molecule has 0 atom stereocenters. The molecule has 86 valence electrons. The van der Waals surface area contributed by atoms with Gasteiger partial charge in [0.05, 0.1) is 6.33 Å². The Bertz CT molecular complexity index is 449. The smallest absolute Gasteiger partial charge is 0.182 e. The highest BCUT2D eigenvalue weighted by Gasteiger charge is 2.12. The molecule has 0 aliphatic rings. The number of hydrogen-bond acceptors (Lipinski definition) is 4. The summed E-state index contributed by atoms with van der Waals surface area (Å²) >= 11 is 5.80. The van der Waals surface area contributed by atoms with Crippen molar-refractivity contribution >= 4 is 28.6 Å². The predicted molar refractivity (Wildman–Crippen MR) is 64.9 cm³/mol. The van der Waals surface area contributed by atoms with E-state index in [1.165, 1.54) is 6.33 Å². The Balaban J connectivity index is 2.38. The van der Waals surface area contributed by atoms with Gasteiger partial charge < -0.3 is 9.88 Å². The van der Waals surface area contributed by atoms with Gasteiger partial charge in [-0.3, -0.25) is 0 Å². The fourth-order valence-electron chi connectivity index (χ4n) is 1.69. The van der Waals surface area contributed by atoms with E-state index in [9.17, 15) is 0 Å². The van der Waals surface area contributed by atoms with Crippen molar-refractivity contribution < 1.29 is 0 Å². The van der Waals surface area contributed by atoms with E-state index in [1.54, 1.807) is 6.33 Å². The van der Waals surface area contributed by atoms with E-state index in [-0.39, 0.29) is 0 Å². The molecule has 0 aliphatic carbocycles. The number of halogens is 1. The zero-order valence-corrected chi connectivity index (χ0v) is 9.91. The normalized spacial score (nSPS) is 10.9. The number of hydrogen-bond donors (Lipinski definition) is 1. The average molecular weight is 240 g/mol. The molecule has 0 fully saturated rings. The molecule has 0 aliphatic heterocycles. The Labute approximate surface area is 98.9 Å². The lowest BCUT2D eigenvalue weighted by molar-refractivity contribution is 0.782. The number of imidazole rings is 1. The molecule has 16 heavy (non-hydrogen) atoms. The fraction of sp³-hybridized carbons (Fsp3) is 0.500. The largest absolute Gasteiger partial charge is 0.354 e. The van der Waals surface area contributed by atoms with E-state index in [4.69, 9.17) is 11.6 Å². The lowest BCUT2D eigenvalue weighted by atomic mass is 10.3. The van der Waals surface area contributed by atoms with Crippen LogP contribution in [0.15, 0.2) is 12.7 Å². The molecular formula is C10H14ClN5. The molecule has 0 amide bonds. The van der Waals surface area contributed by atoms with E-state index >= 15 is 0 Å². The van der Waals surface area contributed by atoms with Crippen molar-refractivity contribution in [1.29, 1.82) is 0 Å². The average Bonchev–Trinajstić information content (AvgIpc) is 2.76. The molecule has 0 radical (unpaired) electrons. The number of H-pyrrole nitrogens is 1. The van der Waals surface area contributed by atoms with Crippen LogP contribution in [0.3, 0.4) is 0 Å². The van der Waals surface area contributed by atoms with Crippen molar-refractivity contribution in [2.45, 2.75) is 13.3 Å². The molecular weight excluding hydrogens is 226 g/mol. The van der Waals surface area contributed by atoms with Gasteiger partial charge in [0.2, 0.25) is 0 Å². The first-order valence-electron chi connectivity index (χ1n) is 5.31. The van der Waals surface area contributed by atoms with Gasteiger partial charge in [0, 0.05) is 19.0 Å². The van der Waals surface area contributed by atoms with Gasteiger partial charge in [0.15, 0.2) is 11.5 Å². The van der Waals surface area contributed by atoms with Crippen molar-refractivity contribution in [2.24, 2.45) is 0 Å². The van der Waals surface area contributed by atoms with Gasteiger partial charge in [-0.2, -0.15) is 0 Å². The van der Waals surface area contributed by atoms with E-state index in [0.717, 1.165) is 30.8 Å². The highest BCUT2D eigenvalue weighted by atomic mass is 35.5. The van der Waals surface area contributed by atoms with Gasteiger partial charge in [0.1, 0.15) is 11.8 Å². The first-order chi connectivity index (χ1) is 7.86. The number of alkyl halides is 1. The maximum atomic E-state index is 5.80. The third-order valence-electron chi connectivity index (χ3n) is 2.35. The molecule has 0 saturated carbocycles. The minimum atomic E-state index is 0.583. The molecule has 0 unspecified atom stereocenters. The molecule has 2 rings (SSSR count). The zero-order chi connectivity index (χ0) is 11.4. The summed E-state index contributed by atoms with van der Waals surface area (Å²) in [5.41, 5.74) is 1.57. The summed E-state index contributed by atoms with van der Waals surface area (Å²) in [5, 5.41) is 0. The Morgan fingerprint density at radius 1 is 1.31 bits per heavy atom. The summed E-state index contributed by atoms with van der Waals surface area (Å²) in [6.45, 7) is 3.84. The predicted octanol–water partition coefficient (Wildman–Crippen LogP) is 1.81. The topological polar surface area (TPSA) is 57.7 Å². The third-order valence-corrected chi connectivity index (χ3v) is 2.52. The quantitative estimate of drug-likeness (QED) is 0.809. The lowest BCUT2D eigenvalue weighted by Gasteiger charge is -2.21. The summed E-state index contributed by atoms with van der Waals surface area (Å²) in [5.74, 6) is 1.46. The number of anilines is 1. The summed E-state index contributed by atoms with van der Waals surface area (Å²) in [6.07, 6.45) is 4.22. The third kappa shape index (κ3) is 2.09. The van der Waals surface area contributed by atoms with E-state index < -0.39 is 0 Å². The maximum absolute atomic E-state index is 5.80. The van der Waals surface area contributed by atoms with Crippen LogP contribution in [0.1, 0.15) is 13.3 Å². The summed E-state index contributed by atoms with van der Waals surface area (Å²) in [6, 6.07) is 0. The fourth-order valence-corrected chi connectivity index (χ4v) is 1.89. The van der Waals surface area contributed by atoms with E-state index in [0.29, 0.717) is 11.5 Å². The first-order valence-corrected chi connectivity index (χ1v) is 5.85. The van der Waals surface area contributed by atoms with Gasteiger partial charge in [-0.25, -0.2) is 15.0 Å². The Hall–Kier alpha value is -1.36. The van der Waals surface area contributed by atoms with Crippen molar-refractivity contribution in [1.82, 2.24) is 19.9 Å². The van der Waals surface area contributed by atoms with Crippen molar-refractivity contribution in [2.75, 3.05) is 23.9 Å². The van der Waals surface area contributed by atoms with Crippen LogP contribution in [0.4, 0.5) is 5.82 Å². The second-order valence-electron chi connectivity index (χ2n) is 3.47. The van der Waals surface area contributed by atoms with Crippen molar-refractivity contribution in [3.8, 4) is 0 Å². The molecule has 0 spiro atoms. The van der Waals surface area contributed by atoms with Gasteiger partial charge in [-0.05, 0) is 6.42 Å². The van der Waals surface area contributed by atoms with Crippen molar-refractivity contribution in [3.63, 3.8) is 0 Å². The van der Waals surface area contributed by atoms with Crippen molar-refractivity contribution in [3.05, 3.63) is 12.7 Å². The molecule has 5 nitrogen and oxygen atoms in total. The second-order valence-corrected chi connectivity index (χ2v) is 3.85. The van der Waals surface area contributed by atoms with Crippen LogP contribution < -0.4 is 4.90 Å². The zero-order valence-electron chi connectivity index (χ0n) is 9.15. The molecule has 6 heteroatoms. The monoisotopic (exact) mass is 239 g/mol. The first kappa shape index (κ1) is 11.1. The Morgan fingerprint density at radius 3 is 2.94 bits per heavy atom. The van der Waals surface area contributed by atoms with Crippen LogP contribution in [0, 0.1) is 0 Å². The van der Waals surface area contributed by atoms with Crippen LogP contribution in [0.5, 0.6) is 0 Å².